The summed E-state index contributed by atoms with van der Waals surface area (Å²) in [6.07, 6.45) is 0.512. The topological polar surface area (TPSA) is 20.3 Å². The van der Waals surface area contributed by atoms with E-state index in [0.717, 1.165) is 24.3 Å². The molecule has 2 aromatic rings. The third-order valence-corrected chi connectivity index (χ3v) is 3.86. The number of rotatable bonds is 3. The smallest absolute Gasteiger partial charge is 0.254 e. The Morgan fingerprint density at radius 2 is 1.61 bits per heavy atom. The monoisotopic (exact) mass is 323 g/mol. The second kappa shape index (κ2) is 6.02. The van der Waals surface area contributed by atoms with Crippen molar-refractivity contribution < 1.29 is 22.4 Å². The maximum Gasteiger partial charge on any atom is 0.254 e. The van der Waals surface area contributed by atoms with E-state index in [1.165, 1.54) is 11.0 Å². The Morgan fingerprint density at radius 3 is 2.22 bits per heavy atom. The van der Waals surface area contributed by atoms with Crippen LogP contribution in [-0.4, -0.2) is 23.9 Å². The van der Waals surface area contributed by atoms with Crippen LogP contribution in [0, 0.1) is 29.2 Å². The summed E-state index contributed by atoms with van der Waals surface area (Å²) in [6.45, 7) is 0.825. The van der Waals surface area contributed by atoms with Crippen molar-refractivity contribution in [3.63, 3.8) is 0 Å². The Kier molecular flexibility index (Phi) is 4.07. The van der Waals surface area contributed by atoms with Crippen LogP contribution < -0.4 is 0 Å². The van der Waals surface area contributed by atoms with Gasteiger partial charge in [-0.15, -0.1) is 0 Å². The van der Waals surface area contributed by atoms with Gasteiger partial charge < -0.3 is 4.90 Å². The molecule has 1 fully saturated rings. The first kappa shape index (κ1) is 15.5. The van der Waals surface area contributed by atoms with E-state index >= 15 is 0 Å². The van der Waals surface area contributed by atoms with Gasteiger partial charge in [-0.1, -0.05) is 6.07 Å². The van der Waals surface area contributed by atoms with Gasteiger partial charge >= 0.3 is 0 Å². The molecule has 0 atom stereocenters. The Bertz CT molecular complexity index is 736. The lowest BCUT2D eigenvalue weighted by molar-refractivity contribution is 0.0500. The summed E-state index contributed by atoms with van der Waals surface area (Å²) in [5.74, 6) is -3.72. The first-order valence-electron chi connectivity index (χ1n) is 7.11. The summed E-state index contributed by atoms with van der Waals surface area (Å²) in [7, 11) is 0. The van der Waals surface area contributed by atoms with E-state index in [2.05, 4.69) is 0 Å². The molecule has 1 saturated heterocycles. The van der Waals surface area contributed by atoms with E-state index in [4.69, 9.17) is 0 Å². The van der Waals surface area contributed by atoms with Crippen LogP contribution >= 0.6 is 0 Å². The van der Waals surface area contributed by atoms with Crippen LogP contribution in [0.25, 0.3) is 0 Å². The fraction of sp³-hybridized carbons (Fsp3) is 0.235. The van der Waals surface area contributed by atoms with Crippen molar-refractivity contribution in [1.29, 1.82) is 0 Å². The van der Waals surface area contributed by atoms with Gasteiger partial charge in [0.1, 0.15) is 11.6 Å². The summed E-state index contributed by atoms with van der Waals surface area (Å²) in [5.41, 5.74) is 0.617. The van der Waals surface area contributed by atoms with Crippen molar-refractivity contribution in [3.8, 4) is 0 Å². The third-order valence-electron chi connectivity index (χ3n) is 3.86. The normalized spacial score (nSPS) is 14.7. The maximum absolute atomic E-state index is 13.1. The molecular formula is C17H13F4NO. The molecule has 1 heterocycles. The van der Waals surface area contributed by atoms with E-state index in [1.54, 1.807) is 0 Å². The van der Waals surface area contributed by atoms with Crippen LogP contribution in [0.2, 0.25) is 0 Å². The Morgan fingerprint density at radius 1 is 0.957 bits per heavy atom. The van der Waals surface area contributed by atoms with Gasteiger partial charge in [0.15, 0.2) is 11.6 Å². The average molecular weight is 323 g/mol. The molecular weight excluding hydrogens is 310 g/mol. The van der Waals surface area contributed by atoms with Crippen LogP contribution in [0.4, 0.5) is 17.6 Å². The Labute approximate surface area is 130 Å². The molecule has 0 radical (unpaired) electrons. The van der Waals surface area contributed by atoms with Crippen molar-refractivity contribution in [2.75, 3.05) is 13.1 Å². The molecule has 23 heavy (non-hydrogen) atoms. The number of hydrogen-bond donors (Lipinski definition) is 0. The highest BCUT2D eigenvalue weighted by atomic mass is 19.2. The largest absolute Gasteiger partial charge is 0.338 e. The lowest BCUT2D eigenvalue weighted by Crippen LogP contribution is -2.50. The fourth-order valence-electron chi connectivity index (χ4n) is 2.72. The highest BCUT2D eigenvalue weighted by Crippen LogP contribution is 2.24. The summed E-state index contributed by atoms with van der Waals surface area (Å²) in [6, 6.07) is 6.41. The summed E-state index contributed by atoms with van der Waals surface area (Å²) >= 11 is 0. The van der Waals surface area contributed by atoms with Crippen molar-refractivity contribution in [1.82, 2.24) is 4.90 Å². The highest BCUT2D eigenvalue weighted by Gasteiger charge is 2.31. The van der Waals surface area contributed by atoms with Gasteiger partial charge in [0.25, 0.3) is 5.91 Å². The van der Waals surface area contributed by atoms with Crippen LogP contribution in [0.15, 0.2) is 36.4 Å². The number of likely N-dealkylation sites (tertiary alicyclic amines) is 1. The maximum atomic E-state index is 13.1. The highest BCUT2D eigenvalue weighted by molar-refractivity contribution is 5.94. The lowest BCUT2D eigenvalue weighted by Gasteiger charge is -2.39. The van der Waals surface area contributed by atoms with Gasteiger partial charge in [0.2, 0.25) is 0 Å². The quantitative estimate of drug-likeness (QED) is 0.791. The molecule has 0 aromatic heterocycles. The first-order valence-corrected chi connectivity index (χ1v) is 7.11. The van der Waals surface area contributed by atoms with Gasteiger partial charge in [-0.2, -0.15) is 0 Å². The second-order valence-corrected chi connectivity index (χ2v) is 5.69. The molecule has 0 unspecified atom stereocenters. The SMILES string of the molecule is O=C(c1cc(F)cc(F)c1)N1CC(Cc2ccc(F)c(F)c2)C1. The second-order valence-electron chi connectivity index (χ2n) is 5.69. The predicted octanol–water partition coefficient (Wildman–Crippen LogP) is 3.56. The molecule has 120 valence electrons. The summed E-state index contributed by atoms with van der Waals surface area (Å²) < 4.78 is 52.3. The number of carbonyl (C=O) groups excluding carboxylic acids is 1. The van der Waals surface area contributed by atoms with Crippen molar-refractivity contribution >= 4 is 5.91 Å². The van der Waals surface area contributed by atoms with E-state index in [1.807, 2.05) is 0 Å². The molecule has 2 aromatic carbocycles. The number of carbonyl (C=O) groups is 1. The van der Waals surface area contributed by atoms with Crippen LogP contribution in [0.3, 0.4) is 0 Å². The van der Waals surface area contributed by atoms with Gasteiger partial charge in [-0.25, -0.2) is 17.6 Å². The van der Waals surface area contributed by atoms with E-state index in [0.29, 0.717) is 31.1 Å². The average Bonchev–Trinajstić information content (AvgIpc) is 2.44. The molecule has 0 bridgehead atoms. The number of halogens is 4. The molecule has 3 rings (SSSR count). The predicted molar refractivity (Wildman–Crippen MR) is 75.8 cm³/mol. The fourth-order valence-corrected chi connectivity index (χ4v) is 2.72. The Hall–Kier alpha value is -2.37. The number of hydrogen-bond acceptors (Lipinski definition) is 1. The molecule has 6 heteroatoms. The molecule has 0 aliphatic carbocycles. The number of benzene rings is 2. The van der Waals surface area contributed by atoms with Crippen molar-refractivity contribution in [2.45, 2.75) is 6.42 Å². The molecule has 2 nitrogen and oxygen atoms in total. The van der Waals surface area contributed by atoms with Crippen LogP contribution in [0.5, 0.6) is 0 Å². The number of nitrogens with zero attached hydrogens (tertiary/aromatic N) is 1. The zero-order valence-electron chi connectivity index (χ0n) is 12.0. The molecule has 0 saturated carbocycles. The molecule has 0 N–H and O–H groups in total. The standard InChI is InChI=1S/C17H13F4NO/c18-13-5-12(6-14(19)7-13)17(23)22-8-11(9-22)3-10-1-2-15(20)16(21)4-10/h1-2,4-7,11H,3,8-9H2. The number of amides is 1. The third kappa shape index (κ3) is 3.36. The van der Waals surface area contributed by atoms with Gasteiger partial charge in [0.05, 0.1) is 0 Å². The minimum Gasteiger partial charge on any atom is -0.338 e. The molecule has 0 spiro atoms. The van der Waals surface area contributed by atoms with Crippen LogP contribution in [0.1, 0.15) is 15.9 Å². The summed E-state index contributed by atoms with van der Waals surface area (Å²) in [5, 5.41) is 0. The minimum absolute atomic E-state index is 0.0335. The van der Waals surface area contributed by atoms with E-state index in [9.17, 15) is 22.4 Å². The zero-order chi connectivity index (χ0) is 16.6. The van der Waals surface area contributed by atoms with Crippen LogP contribution in [-0.2, 0) is 6.42 Å². The minimum atomic E-state index is -0.898. The zero-order valence-corrected chi connectivity index (χ0v) is 12.0. The van der Waals surface area contributed by atoms with Crippen molar-refractivity contribution in [2.24, 2.45) is 5.92 Å². The Balaban J connectivity index is 1.60. The molecule has 1 aliphatic heterocycles. The van der Waals surface area contributed by atoms with Crippen molar-refractivity contribution in [3.05, 3.63) is 70.8 Å². The lowest BCUT2D eigenvalue weighted by atomic mass is 9.91. The first-order chi connectivity index (χ1) is 10.9. The van der Waals surface area contributed by atoms with Gasteiger partial charge in [-0.3, -0.25) is 4.79 Å². The molecule has 1 amide bonds. The van der Waals surface area contributed by atoms with Gasteiger partial charge in [-0.05, 0) is 42.2 Å². The summed E-state index contributed by atoms with van der Waals surface area (Å²) in [4.78, 5) is 13.6. The molecule has 1 aliphatic rings. The van der Waals surface area contributed by atoms with E-state index in [-0.39, 0.29) is 11.5 Å². The van der Waals surface area contributed by atoms with Gasteiger partial charge in [0, 0.05) is 24.7 Å². The van der Waals surface area contributed by atoms with E-state index < -0.39 is 29.2 Å².